The van der Waals surface area contributed by atoms with Crippen molar-refractivity contribution in [2.45, 2.75) is 13.1 Å². The molecule has 0 radical (unpaired) electrons. The fourth-order valence-corrected chi connectivity index (χ4v) is 4.16. The average Bonchev–Trinajstić information content (AvgIpc) is 3.36. The first-order chi connectivity index (χ1) is 15.7. The van der Waals surface area contributed by atoms with Gasteiger partial charge in [-0.3, -0.25) is 9.69 Å². The van der Waals surface area contributed by atoms with Crippen LogP contribution in [0.4, 0.5) is 18.9 Å². The van der Waals surface area contributed by atoms with E-state index >= 15 is 0 Å². The van der Waals surface area contributed by atoms with Gasteiger partial charge in [0.1, 0.15) is 11.5 Å². The van der Waals surface area contributed by atoms with Gasteiger partial charge in [0.25, 0.3) is 5.91 Å². The largest absolute Gasteiger partial charge is 0.457 e. The molecule has 0 unspecified atom stereocenters. The Morgan fingerprint density at radius 2 is 1.88 bits per heavy atom. The number of benzene rings is 2. The summed E-state index contributed by atoms with van der Waals surface area (Å²) in [6.07, 6.45) is -1.26. The summed E-state index contributed by atoms with van der Waals surface area (Å²) in [5, 5.41) is 0.514. The zero-order valence-corrected chi connectivity index (χ0v) is 18.4. The summed E-state index contributed by atoms with van der Waals surface area (Å²) in [5.74, 6) is 0.385. The third kappa shape index (κ3) is 5.12. The number of aryl methyl sites for hydroxylation is 1. The third-order valence-corrected chi connectivity index (χ3v) is 5.84. The number of alkyl halides is 3. The summed E-state index contributed by atoms with van der Waals surface area (Å²) in [6, 6.07) is 15.7. The summed E-state index contributed by atoms with van der Waals surface area (Å²) in [6.45, 7) is 5.98. The molecule has 8 heteroatoms. The molecule has 0 bridgehead atoms. The van der Waals surface area contributed by atoms with Gasteiger partial charge in [-0.25, -0.2) is 4.99 Å². The van der Waals surface area contributed by atoms with E-state index in [1.165, 1.54) is 22.7 Å². The van der Waals surface area contributed by atoms with E-state index in [1.54, 1.807) is 30.4 Å². The first-order valence-electron chi connectivity index (χ1n) is 10.00. The predicted molar refractivity (Wildman–Crippen MR) is 125 cm³/mol. The van der Waals surface area contributed by atoms with E-state index in [0.29, 0.717) is 27.9 Å². The number of halogens is 3. The van der Waals surface area contributed by atoms with Crippen LogP contribution < -0.4 is 0 Å². The van der Waals surface area contributed by atoms with Crippen molar-refractivity contribution in [2.24, 2.45) is 4.99 Å². The molecule has 3 aromatic rings. The Hall–Kier alpha value is -3.52. The first kappa shape index (κ1) is 22.7. The molecule has 4 nitrogen and oxygen atoms in total. The minimum Gasteiger partial charge on any atom is -0.457 e. The highest BCUT2D eigenvalue weighted by molar-refractivity contribution is 8.18. The Morgan fingerprint density at radius 1 is 1.12 bits per heavy atom. The highest BCUT2D eigenvalue weighted by atomic mass is 32.2. The van der Waals surface area contributed by atoms with Gasteiger partial charge in [0.05, 0.1) is 16.2 Å². The van der Waals surface area contributed by atoms with Crippen LogP contribution in [0.15, 0.2) is 87.6 Å². The van der Waals surface area contributed by atoms with Gasteiger partial charge in [0.2, 0.25) is 0 Å². The maximum Gasteiger partial charge on any atom is 0.416 e. The number of thioether (sulfide) groups is 1. The molecule has 1 amide bonds. The van der Waals surface area contributed by atoms with Gasteiger partial charge in [0, 0.05) is 18.2 Å². The molecular weight excluding hydrogens is 449 g/mol. The molecule has 0 atom stereocenters. The number of amides is 1. The van der Waals surface area contributed by atoms with Crippen molar-refractivity contribution in [3.63, 3.8) is 0 Å². The smallest absolute Gasteiger partial charge is 0.416 e. The Morgan fingerprint density at radius 3 is 2.58 bits per heavy atom. The van der Waals surface area contributed by atoms with Gasteiger partial charge in [-0.1, -0.05) is 35.9 Å². The molecule has 1 fully saturated rings. The SMILES string of the molecule is C=CCN1C(=O)C(=Cc2ccc(-c3cccc(C(F)(F)F)c3)o2)SC1=Nc1ccc(C)cc1. The lowest BCUT2D eigenvalue weighted by molar-refractivity contribution is -0.137. The monoisotopic (exact) mass is 468 g/mol. The Labute approximate surface area is 193 Å². The van der Waals surface area contributed by atoms with Crippen molar-refractivity contribution in [1.29, 1.82) is 0 Å². The molecular formula is C25H19F3N2O2S. The lowest BCUT2D eigenvalue weighted by Crippen LogP contribution is -2.29. The zero-order chi connectivity index (χ0) is 23.6. The number of aliphatic imine (C=N–C) groups is 1. The normalized spacial score (nSPS) is 16.7. The fourth-order valence-electron chi connectivity index (χ4n) is 3.17. The number of hydrogen-bond donors (Lipinski definition) is 0. The molecule has 0 aliphatic carbocycles. The minimum atomic E-state index is -4.44. The number of nitrogens with zero attached hydrogens (tertiary/aromatic N) is 2. The van der Waals surface area contributed by atoms with Crippen molar-refractivity contribution < 1.29 is 22.4 Å². The van der Waals surface area contributed by atoms with Crippen LogP contribution in [0.2, 0.25) is 0 Å². The zero-order valence-electron chi connectivity index (χ0n) is 17.6. The maximum absolute atomic E-state index is 13.0. The summed E-state index contributed by atoms with van der Waals surface area (Å²) >= 11 is 1.20. The van der Waals surface area contributed by atoms with E-state index in [2.05, 4.69) is 11.6 Å². The molecule has 0 N–H and O–H groups in total. The predicted octanol–water partition coefficient (Wildman–Crippen LogP) is 7.06. The summed E-state index contributed by atoms with van der Waals surface area (Å²) < 4.78 is 44.8. The Bertz CT molecular complexity index is 1260. The second kappa shape index (κ2) is 9.15. The highest BCUT2D eigenvalue weighted by Crippen LogP contribution is 2.36. The molecule has 1 aromatic heterocycles. The molecule has 2 aromatic carbocycles. The van der Waals surface area contributed by atoms with E-state index in [9.17, 15) is 18.0 Å². The summed E-state index contributed by atoms with van der Waals surface area (Å²) in [7, 11) is 0. The molecule has 1 aliphatic heterocycles. The van der Waals surface area contributed by atoms with Crippen LogP contribution >= 0.6 is 11.8 Å². The van der Waals surface area contributed by atoms with Crippen LogP contribution in [0.3, 0.4) is 0 Å². The van der Waals surface area contributed by atoms with Crippen LogP contribution in [0.1, 0.15) is 16.9 Å². The number of carbonyl (C=O) groups excluding carboxylic acids is 1. The topological polar surface area (TPSA) is 45.8 Å². The van der Waals surface area contributed by atoms with E-state index in [0.717, 1.165) is 23.4 Å². The molecule has 4 rings (SSSR count). The van der Waals surface area contributed by atoms with Gasteiger partial charge >= 0.3 is 6.18 Å². The van der Waals surface area contributed by atoms with Crippen LogP contribution in [0.5, 0.6) is 0 Å². The van der Waals surface area contributed by atoms with E-state index in [-0.39, 0.29) is 11.7 Å². The van der Waals surface area contributed by atoms with Crippen molar-refractivity contribution >= 4 is 34.6 Å². The summed E-state index contributed by atoms with van der Waals surface area (Å²) in [5.41, 5.74) is 1.37. The van der Waals surface area contributed by atoms with Gasteiger partial charge < -0.3 is 4.42 Å². The van der Waals surface area contributed by atoms with E-state index in [1.807, 2.05) is 31.2 Å². The Balaban J connectivity index is 1.62. The lowest BCUT2D eigenvalue weighted by Gasteiger charge is -2.12. The molecule has 168 valence electrons. The number of hydrogen-bond acceptors (Lipinski definition) is 4. The standard InChI is InChI=1S/C25H19F3N2O2S/c1-3-13-30-23(31)22(33-24(30)29-19-9-7-16(2)8-10-19)15-20-11-12-21(32-20)17-5-4-6-18(14-17)25(26,27)28/h3-12,14-15H,1,13H2,2H3. The quantitative estimate of drug-likeness (QED) is 0.297. The van der Waals surface area contributed by atoms with Crippen molar-refractivity contribution in [2.75, 3.05) is 6.54 Å². The van der Waals surface area contributed by atoms with Crippen LogP contribution in [-0.4, -0.2) is 22.5 Å². The van der Waals surface area contributed by atoms with Gasteiger partial charge in [-0.05, 0) is 55.1 Å². The number of carbonyl (C=O) groups is 1. The molecule has 0 spiro atoms. The number of amidine groups is 1. The molecule has 1 saturated heterocycles. The average molecular weight is 469 g/mol. The molecule has 2 heterocycles. The summed E-state index contributed by atoms with van der Waals surface area (Å²) in [4.78, 5) is 19.4. The molecule has 33 heavy (non-hydrogen) atoms. The first-order valence-corrected chi connectivity index (χ1v) is 10.8. The number of rotatable bonds is 5. The number of furan rings is 1. The Kier molecular flexibility index (Phi) is 6.29. The van der Waals surface area contributed by atoms with Crippen molar-refractivity contribution in [3.8, 4) is 11.3 Å². The fraction of sp³-hybridized carbons (Fsp3) is 0.120. The third-order valence-electron chi connectivity index (χ3n) is 4.83. The molecule has 0 saturated carbocycles. The van der Waals surface area contributed by atoms with E-state index < -0.39 is 11.7 Å². The van der Waals surface area contributed by atoms with Gasteiger partial charge in [-0.15, -0.1) is 6.58 Å². The second-order valence-corrected chi connectivity index (χ2v) is 8.33. The van der Waals surface area contributed by atoms with Crippen molar-refractivity contribution in [1.82, 2.24) is 4.90 Å². The van der Waals surface area contributed by atoms with Crippen molar-refractivity contribution in [3.05, 3.63) is 95.1 Å². The highest BCUT2D eigenvalue weighted by Gasteiger charge is 2.33. The van der Waals surface area contributed by atoms with Crippen LogP contribution in [-0.2, 0) is 11.0 Å². The molecule has 1 aliphatic rings. The minimum absolute atomic E-state index is 0.247. The lowest BCUT2D eigenvalue weighted by atomic mass is 10.1. The van der Waals surface area contributed by atoms with Crippen LogP contribution in [0, 0.1) is 6.92 Å². The second-order valence-electron chi connectivity index (χ2n) is 7.33. The van der Waals surface area contributed by atoms with Crippen LogP contribution in [0.25, 0.3) is 17.4 Å². The van der Waals surface area contributed by atoms with Gasteiger partial charge in [0.15, 0.2) is 5.17 Å². The maximum atomic E-state index is 13.0. The van der Waals surface area contributed by atoms with Gasteiger partial charge in [-0.2, -0.15) is 13.2 Å². The van der Waals surface area contributed by atoms with E-state index in [4.69, 9.17) is 4.42 Å².